The fourth-order valence-corrected chi connectivity index (χ4v) is 8.11. The molecule has 0 radical (unpaired) electrons. The molecule has 0 bridgehead atoms. The van der Waals surface area contributed by atoms with Gasteiger partial charge in [-0.3, -0.25) is 4.57 Å². The van der Waals surface area contributed by atoms with Gasteiger partial charge in [0.1, 0.15) is 16.8 Å². The van der Waals surface area contributed by atoms with Crippen LogP contribution in [0.4, 0.5) is 0 Å². The Morgan fingerprint density at radius 3 is 1.76 bits per heavy atom. The fourth-order valence-electron chi connectivity index (χ4n) is 8.11. The minimum Gasteiger partial charge on any atom is -0.436 e. The van der Waals surface area contributed by atoms with Crippen molar-refractivity contribution in [3.05, 3.63) is 186 Å². The van der Waals surface area contributed by atoms with Crippen molar-refractivity contribution < 1.29 is 4.42 Å². The number of hydrogen-bond acceptors (Lipinski definition) is 3. The summed E-state index contributed by atoms with van der Waals surface area (Å²) in [5.74, 6) is 0.776. The van der Waals surface area contributed by atoms with Gasteiger partial charge in [-0.15, -0.1) is 0 Å². The number of aromatic nitrogens is 3. The molecular weight excluding hydrogens is 611 g/mol. The number of fused-ring (bicyclic) bond motifs is 3. The third-order valence-corrected chi connectivity index (χ3v) is 10.2. The largest absolute Gasteiger partial charge is 0.436 e. The van der Waals surface area contributed by atoms with Crippen molar-refractivity contribution in [2.75, 3.05) is 0 Å². The average Bonchev–Trinajstić information content (AvgIpc) is 3.68. The zero-order valence-electron chi connectivity index (χ0n) is 26.8. The first-order valence-corrected chi connectivity index (χ1v) is 16.9. The van der Waals surface area contributed by atoms with Crippen molar-refractivity contribution in [1.29, 1.82) is 0 Å². The van der Waals surface area contributed by atoms with Crippen LogP contribution in [0.2, 0.25) is 0 Å². The Morgan fingerprint density at radius 2 is 1.04 bits per heavy atom. The summed E-state index contributed by atoms with van der Waals surface area (Å²) < 4.78 is 8.62. The van der Waals surface area contributed by atoms with E-state index in [9.17, 15) is 0 Å². The number of furan rings is 1. The number of para-hydroxylation sites is 1. The maximum Gasteiger partial charge on any atom is 0.247 e. The zero-order chi connectivity index (χ0) is 32.8. The molecule has 0 amide bonds. The quantitative estimate of drug-likeness (QED) is 0.193. The van der Waals surface area contributed by atoms with Crippen molar-refractivity contribution in [3.8, 4) is 17.1 Å². The number of rotatable bonds is 4. The number of hydrogen-bond donors (Lipinski definition) is 0. The van der Waals surface area contributed by atoms with Gasteiger partial charge >= 0.3 is 0 Å². The third-order valence-electron chi connectivity index (χ3n) is 10.2. The van der Waals surface area contributed by atoms with Gasteiger partial charge in [0.15, 0.2) is 5.82 Å². The Hall–Kier alpha value is -6.78. The second kappa shape index (κ2) is 10.4. The van der Waals surface area contributed by atoms with E-state index < -0.39 is 0 Å². The van der Waals surface area contributed by atoms with Crippen LogP contribution in [-0.4, -0.2) is 14.5 Å². The van der Waals surface area contributed by atoms with E-state index in [1.807, 2.05) is 36.4 Å². The SMILES string of the molecule is c1ccc(C2=C(c3ccccc3)c3cccc4c3c3c5c2cccc5ccc3n4-c2nc3c(nc2-c2ccccc2)oc2ccccc23)cc1. The van der Waals surface area contributed by atoms with Crippen molar-refractivity contribution in [2.24, 2.45) is 0 Å². The predicted octanol–water partition coefficient (Wildman–Crippen LogP) is 11.6. The van der Waals surface area contributed by atoms with Crippen LogP contribution in [0.1, 0.15) is 22.3 Å². The summed E-state index contributed by atoms with van der Waals surface area (Å²) in [5, 5.41) is 5.84. The van der Waals surface area contributed by atoms with Crippen LogP contribution < -0.4 is 0 Å². The normalized spacial score (nSPS) is 12.7. The predicted molar refractivity (Wildman–Crippen MR) is 204 cm³/mol. The Balaban J connectivity index is 1.36. The molecule has 4 heteroatoms. The number of nitrogens with zero attached hydrogens (tertiary/aromatic N) is 3. The van der Waals surface area contributed by atoms with Crippen LogP contribution in [-0.2, 0) is 0 Å². The highest BCUT2D eigenvalue weighted by Crippen LogP contribution is 2.50. The second-order valence-corrected chi connectivity index (χ2v) is 12.9. The molecular formula is C46H27N3O. The summed E-state index contributed by atoms with van der Waals surface area (Å²) in [7, 11) is 0. The van der Waals surface area contributed by atoms with Gasteiger partial charge in [0.2, 0.25) is 5.71 Å². The molecule has 0 saturated heterocycles. The molecule has 1 aliphatic carbocycles. The Morgan fingerprint density at radius 1 is 0.440 bits per heavy atom. The van der Waals surface area contributed by atoms with Crippen LogP contribution in [0.3, 0.4) is 0 Å². The summed E-state index contributed by atoms with van der Waals surface area (Å²) in [6.07, 6.45) is 0. The Labute approximate surface area is 287 Å². The molecule has 3 heterocycles. The Kier molecular flexibility index (Phi) is 5.63. The van der Waals surface area contributed by atoms with E-state index in [0.29, 0.717) is 5.71 Å². The van der Waals surface area contributed by atoms with E-state index in [1.54, 1.807) is 0 Å². The minimum absolute atomic E-state index is 0.533. The highest BCUT2D eigenvalue weighted by Gasteiger charge is 2.29. The summed E-state index contributed by atoms with van der Waals surface area (Å²) in [6, 6.07) is 58.0. The van der Waals surface area contributed by atoms with Crippen LogP contribution in [0.15, 0.2) is 168 Å². The van der Waals surface area contributed by atoms with Crippen molar-refractivity contribution >= 4 is 65.9 Å². The Bertz CT molecular complexity index is 3010. The van der Waals surface area contributed by atoms with E-state index in [4.69, 9.17) is 14.4 Å². The van der Waals surface area contributed by atoms with Gasteiger partial charge in [0, 0.05) is 21.7 Å². The molecule has 7 aromatic carbocycles. The highest BCUT2D eigenvalue weighted by molar-refractivity contribution is 6.31. The van der Waals surface area contributed by atoms with Gasteiger partial charge in [-0.05, 0) is 68.4 Å². The maximum atomic E-state index is 6.29. The van der Waals surface area contributed by atoms with Crippen LogP contribution in [0.25, 0.3) is 83.0 Å². The first-order chi connectivity index (χ1) is 24.8. The van der Waals surface area contributed by atoms with E-state index in [-0.39, 0.29) is 0 Å². The van der Waals surface area contributed by atoms with Crippen LogP contribution in [0.5, 0.6) is 0 Å². The summed E-state index contributed by atoms with van der Waals surface area (Å²) in [4.78, 5) is 10.7. The summed E-state index contributed by atoms with van der Waals surface area (Å²) in [5.41, 5.74) is 13.2. The minimum atomic E-state index is 0.533. The molecule has 0 saturated carbocycles. The molecule has 3 aromatic heterocycles. The van der Waals surface area contributed by atoms with Gasteiger partial charge in [0.25, 0.3) is 0 Å². The molecule has 4 nitrogen and oxygen atoms in total. The molecule has 50 heavy (non-hydrogen) atoms. The molecule has 0 aliphatic heterocycles. The second-order valence-electron chi connectivity index (χ2n) is 12.9. The molecule has 232 valence electrons. The van der Waals surface area contributed by atoms with Crippen molar-refractivity contribution in [3.63, 3.8) is 0 Å². The van der Waals surface area contributed by atoms with Crippen molar-refractivity contribution in [2.45, 2.75) is 0 Å². The third kappa shape index (κ3) is 3.76. The smallest absolute Gasteiger partial charge is 0.247 e. The van der Waals surface area contributed by atoms with Gasteiger partial charge < -0.3 is 4.42 Å². The van der Waals surface area contributed by atoms with Gasteiger partial charge in [-0.25, -0.2) is 9.97 Å². The average molecular weight is 638 g/mol. The lowest BCUT2D eigenvalue weighted by Crippen LogP contribution is -2.04. The lowest BCUT2D eigenvalue weighted by molar-refractivity contribution is 0.653. The van der Waals surface area contributed by atoms with E-state index >= 15 is 0 Å². The monoisotopic (exact) mass is 637 g/mol. The van der Waals surface area contributed by atoms with Crippen LogP contribution in [0, 0.1) is 0 Å². The van der Waals surface area contributed by atoms with E-state index in [2.05, 4.69) is 132 Å². The van der Waals surface area contributed by atoms with Gasteiger partial charge in [-0.2, -0.15) is 0 Å². The van der Waals surface area contributed by atoms with Crippen molar-refractivity contribution in [1.82, 2.24) is 14.5 Å². The molecule has 0 fully saturated rings. The fraction of sp³-hybridized carbons (Fsp3) is 0. The number of benzene rings is 7. The molecule has 0 N–H and O–H groups in total. The molecule has 11 rings (SSSR count). The molecule has 0 unspecified atom stereocenters. The lowest BCUT2D eigenvalue weighted by atomic mass is 9.85. The maximum absolute atomic E-state index is 6.29. The molecule has 10 aromatic rings. The summed E-state index contributed by atoms with van der Waals surface area (Å²) in [6.45, 7) is 0. The van der Waals surface area contributed by atoms with Gasteiger partial charge in [0.05, 0.1) is 11.0 Å². The molecule has 0 atom stereocenters. The highest BCUT2D eigenvalue weighted by atomic mass is 16.3. The van der Waals surface area contributed by atoms with E-state index in [1.165, 1.54) is 54.9 Å². The van der Waals surface area contributed by atoms with Gasteiger partial charge in [-0.1, -0.05) is 140 Å². The van der Waals surface area contributed by atoms with Crippen LogP contribution >= 0.6 is 0 Å². The van der Waals surface area contributed by atoms with E-state index in [0.717, 1.165) is 44.6 Å². The zero-order valence-corrected chi connectivity index (χ0v) is 26.8. The standard InChI is InChI=1S/C46H27N3O/c1-4-14-28(15-5-1)38-33-22-12-20-30-26-27-36-42(40(30)33)41-34(39(38)29-16-6-2-7-17-29)23-13-24-35(41)49(36)45-43(31-18-8-3-9-19-31)48-46-44(47-45)32-21-10-11-25-37(32)50-46/h1-27H. The lowest BCUT2D eigenvalue weighted by Gasteiger charge is -2.19. The summed E-state index contributed by atoms with van der Waals surface area (Å²) >= 11 is 0. The first-order valence-electron chi connectivity index (χ1n) is 16.9. The molecule has 1 aliphatic rings. The molecule has 0 spiro atoms. The topological polar surface area (TPSA) is 43.9 Å². The first kappa shape index (κ1) is 27.2.